The van der Waals surface area contributed by atoms with E-state index in [1.54, 1.807) is 0 Å². The minimum absolute atomic E-state index is 0.0124. The molecule has 1 aliphatic carbocycles. The number of H-pyrrole nitrogens is 1. The molecule has 2 fully saturated rings. The highest BCUT2D eigenvalue weighted by Gasteiger charge is 2.28. The first kappa shape index (κ1) is 21.9. The summed E-state index contributed by atoms with van der Waals surface area (Å²) >= 11 is 0. The average molecular weight is 457 g/mol. The Morgan fingerprint density at radius 3 is 2.67 bits per heavy atom. The summed E-state index contributed by atoms with van der Waals surface area (Å²) in [5.41, 5.74) is 0.966. The largest absolute Gasteiger partial charge is 0.345 e. The molecule has 4 heterocycles. The molecule has 1 saturated heterocycles. The van der Waals surface area contributed by atoms with Crippen LogP contribution in [0.1, 0.15) is 50.6 Å². The van der Waals surface area contributed by atoms with E-state index < -0.39 is 17.5 Å². The van der Waals surface area contributed by atoms with Crippen LogP contribution in [-0.2, 0) is 11.2 Å². The number of amides is 1. The highest BCUT2D eigenvalue weighted by Crippen LogP contribution is 2.35. The van der Waals surface area contributed by atoms with Crippen molar-refractivity contribution in [3.8, 4) is 11.3 Å². The van der Waals surface area contributed by atoms with E-state index in [1.165, 1.54) is 12.3 Å². The Bertz CT molecular complexity index is 1170. The van der Waals surface area contributed by atoms with Crippen LogP contribution in [-0.4, -0.2) is 38.8 Å². The van der Waals surface area contributed by atoms with Crippen LogP contribution in [0.3, 0.4) is 0 Å². The highest BCUT2D eigenvalue weighted by atomic mass is 19.1. The van der Waals surface area contributed by atoms with Crippen LogP contribution >= 0.6 is 0 Å². The van der Waals surface area contributed by atoms with Gasteiger partial charge in [0.1, 0.15) is 23.0 Å². The van der Waals surface area contributed by atoms with E-state index >= 15 is 0 Å². The van der Waals surface area contributed by atoms with Gasteiger partial charge < -0.3 is 9.88 Å². The van der Waals surface area contributed by atoms with Crippen molar-refractivity contribution >= 4 is 16.9 Å². The van der Waals surface area contributed by atoms with Crippen molar-refractivity contribution in [1.29, 1.82) is 0 Å². The van der Waals surface area contributed by atoms with Crippen LogP contribution < -0.4 is 0 Å². The number of carbonyl (C=O) groups excluding carboxylic acids is 1. The number of hydrogen-bond donors (Lipinski definition) is 1. The Hall–Kier alpha value is -2.90. The van der Waals surface area contributed by atoms with Crippen molar-refractivity contribution in [2.24, 2.45) is 11.8 Å². The predicted molar refractivity (Wildman–Crippen MR) is 119 cm³/mol. The third kappa shape index (κ3) is 4.61. The van der Waals surface area contributed by atoms with Gasteiger partial charge in [0.15, 0.2) is 5.82 Å². The van der Waals surface area contributed by atoms with Crippen LogP contribution in [0.25, 0.3) is 22.3 Å². The highest BCUT2D eigenvalue weighted by molar-refractivity contribution is 5.92. The normalized spacial score (nSPS) is 21.1. The molecule has 5 nitrogen and oxygen atoms in total. The van der Waals surface area contributed by atoms with E-state index in [4.69, 9.17) is 0 Å². The van der Waals surface area contributed by atoms with Crippen molar-refractivity contribution in [3.63, 3.8) is 0 Å². The van der Waals surface area contributed by atoms with Crippen molar-refractivity contribution in [2.75, 3.05) is 13.1 Å². The van der Waals surface area contributed by atoms with E-state index in [0.29, 0.717) is 35.4 Å². The van der Waals surface area contributed by atoms with E-state index in [9.17, 15) is 18.0 Å². The summed E-state index contributed by atoms with van der Waals surface area (Å²) in [7, 11) is 0. The summed E-state index contributed by atoms with van der Waals surface area (Å²) in [4.78, 5) is 25.7. The van der Waals surface area contributed by atoms with Crippen LogP contribution in [0, 0.1) is 29.3 Å². The van der Waals surface area contributed by atoms with Gasteiger partial charge in [0.25, 0.3) is 0 Å². The molecule has 3 aromatic heterocycles. The number of nitrogens with one attached hydrogen (secondary N) is 1. The first-order chi connectivity index (χ1) is 16.0. The van der Waals surface area contributed by atoms with Gasteiger partial charge in [0.2, 0.25) is 5.91 Å². The zero-order chi connectivity index (χ0) is 22.9. The molecule has 0 spiro atoms. The second-order valence-electron chi connectivity index (χ2n) is 9.39. The molecule has 0 unspecified atom stereocenters. The summed E-state index contributed by atoms with van der Waals surface area (Å²) in [6.07, 6.45) is 9.48. The van der Waals surface area contributed by atoms with E-state index in [-0.39, 0.29) is 23.2 Å². The lowest BCUT2D eigenvalue weighted by Gasteiger charge is -2.30. The number of aromatic amines is 1. The van der Waals surface area contributed by atoms with E-state index in [0.717, 1.165) is 63.9 Å². The number of hydrogen-bond acceptors (Lipinski definition) is 3. The fourth-order valence-corrected chi connectivity index (χ4v) is 5.40. The fourth-order valence-electron chi connectivity index (χ4n) is 5.40. The van der Waals surface area contributed by atoms with Gasteiger partial charge in [-0.3, -0.25) is 4.79 Å². The third-order valence-electron chi connectivity index (χ3n) is 7.05. The smallest absolute Gasteiger partial charge is 0.222 e. The number of fused-ring (bicyclic) bond motifs is 1. The third-order valence-corrected chi connectivity index (χ3v) is 7.05. The second-order valence-corrected chi connectivity index (χ2v) is 9.39. The minimum atomic E-state index is -0.792. The molecule has 2 atom stereocenters. The number of rotatable bonds is 5. The molecule has 2 aliphatic rings. The van der Waals surface area contributed by atoms with Crippen LogP contribution in [0.2, 0.25) is 0 Å². The Morgan fingerprint density at radius 1 is 1.06 bits per heavy atom. The molecule has 1 aliphatic heterocycles. The summed E-state index contributed by atoms with van der Waals surface area (Å²) in [5, 5.41) is 0.400. The minimum Gasteiger partial charge on any atom is -0.345 e. The SMILES string of the molecule is O=C(C[C@@H]1CCC[C@H](Cc2nc(-c3c[nH]c4ncc(F)cc34)c(F)cc2F)C1)N1CCCC1. The molecule has 33 heavy (non-hydrogen) atoms. The zero-order valence-corrected chi connectivity index (χ0v) is 18.4. The number of halogens is 3. The van der Waals surface area contributed by atoms with Gasteiger partial charge in [-0.2, -0.15) is 0 Å². The first-order valence-corrected chi connectivity index (χ1v) is 11.7. The van der Waals surface area contributed by atoms with Crippen LogP contribution in [0.4, 0.5) is 13.2 Å². The molecule has 174 valence electrons. The number of nitrogens with zero attached hydrogens (tertiary/aromatic N) is 3. The number of aromatic nitrogens is 3. The number of carbonyl (C=O) groups is 1. The molecule has 0 radical (unpaired) electrons. The molecule has 0 aromatic carbocycles. The van der Waals surface area contributed by atoms with Gasteiger partial charge in [-0.1, -0.05) is 12.8 Å². The van der Waals surface area contributed by atoms with E-state index in [2.05, 4.69) is 15.0 Å². The van der Waals surface area contributed by atoms with E-state index in [1.807, 2.05) is 4.90 Å². The molecular formula is C25H27F3N4O. The monoisotopic (exact) mass is 456 g/mol. The van der Waals surface area contributed by atoms with Crippen molar-refractivity contribution in [2.45, 2.75) is 51.4 Å². The fraction of sp³-hybridized carbons (Fsp3) is 0.480. The maximum Gasteiger partial charge on any atom is 0.222 e. The van der Waals surface area contributed by atoms with Gasteiger partial charge in [-0.15, -0.1) is 0 Å². The van der Waals surface area contributed by atoms with Gasteiger partial charge in [-0.05, 0) is 50.0 Å². The lowest BCUT2D eigenvalue weighted by atomic mass is 9.77. The maximum absolute atomic E-state index is 14.7. The van der Waals surface area contributed by atoms with Gasteiger partial charge >= 0.3 is 0 Å². The van der Waals surface area contributed by atoms with Gasteiger partial charge in [-0.25, -0.2) is 23.1 Å². The standard InChI is InChI=1S/C25H27F3N4O/c26-17-11-18-19(14-30-25(18)29-13-17)24-21(28)12-20(27)22(31-24)9-15-4-3-5-16(8-15)10-23(33)32-6-1-2-7-32/h11-16H,1-10H2,(H,29,30)/t15-,16+/m0/s1. The predicted octanol–water partition coefficient (Wildman–Crippen LogP) is 5.40. The average Bonchev–Trinajstić information content (AvgIpc) is 3.46. The summed E-state index contributed by atoms with van der Waals surface area (Å²) in [5.74, 6) is -1.29. The maximum atomic E-state index is 14.7. The van der Waals surface area contributed by atoms with Crippen LogP contribution in [0.5, 0.6) is 0 Å². The van der Waals surface area contributed by atoms with Crippen molar-refractivity contribution < 1.29 is 18.0 Å². The molecule has 1 N–H and O–H groups in total. The first-order valence-electron chi connectivity index (χ1n) is 11.7. The zero-order valence-electron chi connectivity index (χ0n) is 18.4. The molecular weight excluding hydrogens is 429 g/mol. The Balaban J connectivity index is 1.34. The quantitative estimate of drug-likeness (QED) is 0.559. The Morgan fingerprint density at radius 2 is 1.85 bits per heavy atom. The summed E-state index contributed by atoms with van der Waals surface area (Å²) in [6.45, 7) is 1.71. The number of likely N-dealkylation sites (tertiary alicyclic amines) is 1. The van der Waals surface area contributed by atoms with Crippen molar-refractivity contribution in [1.82, 2.24) is 19.9 Å². The van der Waals surface area contributed by atoms with Gasteiger partial charge in [0, 0.05) is 42.7 Å². The Labute approximate surface area is 190 Å². The molecule has 0 bridgehead atoms. The molecule has 5 rings (SSSR count). The Kier molecular flexibility index (Phi) is 6.08. The van der Waals surface area contributed by atoms with Gasteiger partial charge in [0.05, 0.1) is 11.9 Å². The topological polar surface area (TPSA) is 61.9 Å². The molecule has 3 aromatic rings. The second kappa shape index (κ2) is 9.15. The van der Waals surface area contributed by atoms with Crippen LogP contribution in [0.15, 0.2) is 24.5 Å². The van der Waals surface area contributed by atoms with Crippen molar-refractivity contribution in [3.05, 3.63) is 47.7 Å². The molecule has 8 heteroatoms. The number of pyridine rings is 2. The lowest BCUT2D eigenvalue weighted by molar-refractivity contribution is -0.131. The molecule has 1 saturated carbocycles. The molecule has 1 amide bonds. The lowest BCUT2D eigenvalue weighted by Crippen LogP contribution is -2.31. The summed E-state index contributed by atoms with van der Waals surface area (Å²) in [6, 6.07) is 2.13. The summed E-state index contributed by atoms with van der Waals surface area (Å²) < 4.78 is 43.1.